The number of anilines is 1. The molecule has 0 amide bonds. The molecule has 104 valence electrons. The number of fused-ring (bicyclic) bond motifs is 1. The summed E-state index contributed by atoms with van der Waals surface area (Å²) in [6.07, 6.45) is 3.61. The molecule has 1 saturated heterocycles. The quantitative estimate of drug-likeness (QED) is 0.843. The smallest absolute Gasteiger partial charge is 0.243 e. The van der Waals surface area contributed by atoms with Crippen LogP contribution in [-0.4, -0.2) is 25.8 Å². The molecule has 2 N–H and O–H groups in total. The van der Waals surface area contributed by atoms with E-state index in [1.807, 2.05) is 0 Å². The summed E-state index contributed by atoms with van der Waals surface area (Å²) in [4.78, 5) is 0.404. The minimum absolute atomic E-state index is 0.404. The van der Waals surface area contributed by atoms with E-state index in [9.17, 15) is 8.42 Å². The molecule has 0 aromatic heterocycles. The summed E-state index contributed by atoms with van der Waals surface area (Å²) in [7, 11) is -3.35. The van der Waals surface area contributed by atoms with Crippen molar-refractivity contribution in [2.75, 3.05) is 18.8 Å². The molecule has 0 radical (unpaired) electrons. The van der Waals surface area contributed by atoms with Crippen LogP contribution in [-0.2, 0) is 10.0 Å². The van der Waals surface area contributed by atoms with Crippen molar-refractivity contribution >= 4 is 15.7 Å². The van der Waals surface area contributed by atoms with Gasteiger partial charge in [0.25, 0.3) is 0 Å². The van der Waals surface area contributed by atoms with Crippen LogP contribution in [0.15, 0.2) is 23.1 Å². The Kier molecular flexibility index (Phi) is 3.06. The number of hydrogen-bond donors (Lipinski definition) is 1. The van der Waals surface area contributed by atoms with Crippen molar-refractivity contribution < 1.29 is 8.42 Å². The van der Waals surface area contributed by atoms with Crippen LogP contribution < -0.4 is 5.73 Å². The number of nitrogens with zero attached hydrogens (tertiary/aromatic N) is 1. The molecule has 0 bridgehead atoms. The third-order valence-corrected chi connectivity index (χ3v) is 6.50. The predicted molar refractivity (Wildman–Crippen MR) is 75.2 cm³/mol. The van der Waals surface area contributed by atoms with Crippen LogP contribution in [0, 0.1) is 18.8 Å². The number of nitrogen functional groups attached to an aromatic ring is 1. The molecule has 1 saturated carbocycles. The fourth-order valence-corrected chi connectivity index (χ4v) is 5.25. The van der Waals surface area contributed by atoms with E-state index in [1.54, 1.807) is 29.4 Å². The highest BCUT2D eigenvalue weighted by molar-refractivity contribution is 7.89. The Morgan fingerprint density at radius 2 is 1.84 bits per heavy atom. The molecule has 2 fully saturated rings. The molecule has 1 heterocycles. The number of sulfonamides is 1. The van der Waals surface area contributed by atoms with Gasteiger partial charge in [0, 0.05) is 18.8 Å². The molecule has 4 nitrogen and oxygen atoms in total. The van der Waals surface area contributed by atoms with E-state index in [0.29, 0.717) is 35.5 Å². The summed E-state index contributed by atoms with van der Waals surface area (Å²) in [5.41, 5.74) is 7.03. The Balaban J connectivity index is 1.91. The highest BCUT2D eigenvalue weighted by Gasteiger charge is 2.41. The summed E-state index contributed by atoms with van der Waals surface area (Å²) >= 11 is 0. The van der Waals surface area contributed by atoms with E-state index in [2.05, 4.69) is 0 Å². The van der Waals surface area contributed by atoms with Gasteiger partial charge >= 0.3 is 0 Å². The number of aryl methyl sites for hydroxylation is 1. The molecular weight excluding hydrogens is 260 g/mol. The molecule has 3 rings (SSSR count). The van der Waals surface area contributed by atoms with Gasteiger partial charge < -0.3 is 5.73 Å². The highest BCUT2D eigenvalue weighted by Crippen LogP contribution is 2.40. The minimum atomic E-state index is -3.35. The van der Waals surface area contributed by atoms with Crippen molar-refractivity contribution in [3.05, 3.63) is 23.8 Å². The SMILES string of the molecule is Cc1cc(N)ccc1S(=O)(=O)N1CC2CCCC2C1. The second-order valence-corrected chi connectivity index (χ2v) is 7.70. The number of nitrogens with two attached hydrogens (primary N) is 1. The van der Waals surface area contributed by atoms with Gasteiger partial charge in [0.1, 0.15) is 0 Å². The first-order chi connectivity index (χ1) is 8.98. The van der Waals surface area contributed by atoms with E-state index in [0.717, 1.165) is 5.56 Å². The Morgan fingerprint density at radius 3 is 2.42 bits per heavy atom. The third kappa shape index (κ3) is 2.15. The van der Waals surface area contributed by atoms with Gasteiger partial charge in [-0.1, -0.05) is 6.42 Å². The molecule has 1 aromatic carbocycles. The van der Waals surface area contributed by atoms with Gasteiger partial charge in [-0.15, -0.1) is 0 Å². The van der Waals surface area contributed by atoms with Crippen molar-refractivity contribution in [2.24, 2.45) is 11.8 Å². The summed E-state index contributed by atoms with van der Waals surface area (Å²) in [6, 6.07) is 5.02. The lowest BCUT2D eigenvalue weighted by Gasteiger charge is -2.18. The van der Waals surface area contributed by atoms with Crippen LogP contribution in [0.2, 0.25) is 0 Å². The van der Waals surface area contributed by atoms with E-state index in [-0.39, 0.29) is 0 Å². The second kappa shape index (κ2) is 4.49. The first-order valence-electron chi connectivity index (χ1n) is 6.85. The van der Waals surface area contributed by atoms with Crippen molar-refractivity contribution in [1.82, 2.24) is 4.31 Å². The molecule has 2 unspecified atom stereocenters. The molecule has 2 atom stereocenters. The second-order valence-electron chi connectivity index (χ2n) is 5.80. The summed E-state index contributed by atoms with van der Waals surface area (Å²) in [6.45, 7) is 3.19. The largest absolute Gasteiger partial charge is 0.399 e. The zero-order valence-electron chi connectivity index (χ0n) is 11.2. The molecule has 2 aliphatic rings. The van der Waals surface area contributed by atoms with Gasteiger partial charge in [0.2, 0.25) is 10.0 Å². The van der Waals surface area contributed by atoms with Crippen LogP contribution in [0.4, 0.5) is 5.69 Å². The highest BCUT2D eigenvalue weighted by atomic mass is 32.2. The molecule has 1 aliphatic heterocycles. The van der Waals surface area contributed by atoms with Crippen LogP contribution >= 0.6 is 0 Å². The average molecular weight is 280 g/mol. The zero-order chi connectivity index (χ0) is 13.6. The van der Waals surface area contributed by atoms with E-state index >= 15 is 0 Å². The number of rotatable bonds is 2. The van der Waals surface area contributed by atoms with Crippen LogP contribution in [0.1, 0.15) is 24.8 Å². The third-order valence-electron chi connectivity index (χ3n) is 4.51. The van der Waals surface area contributed by atoms with Gasteiger partial charge in [-0.2, -0.15) is 4.31 Å². The van der Waals surface area contributed by atoms with E-state index in [1.165, 1.54) is 19.3 Å². The topological polar surface area (TPSA) is 63.4 Å². The maximum Gasteiger partial charge on any atom is 0.243 e. The molecule has 1 aliphatic carbocycles. The van der Waals surface area contributed by atoms with Crippen molar-refractivity contribution in [3.8, 4) is 0 Å². The first-order valence-corrected chi connectivity index (χ1v) is 8.29. The maximum atomic E-state index is 12.7. The summed E-state index contributed by atoms with van der Waals surface area (Å²) in [5.74, 6) is 1.15. The normalized spacial score (nSPS) is 27.6. The summed E-state index contributed by atoms with van der Waals surface area (Å²) < 4.78 is 27.0. The number of benzene rings is 1. The maximum absolute atomic E-state index is 12.7. The van der Waals surface area contributed by atoms with Crippen LogP contribution in [0.5, 0.6) is 0 Å². The van der Waals surface area contributed by atoms with Gasteiger partial charge in [0.15, 0.2) is 0 Å². The van der Waals surface area contributed by atoms with Gasteiger partial charge in [-0.25, -0.2) is 8.42 Å². The van der Waals surface area contributed by atoms with Crippen molar-refractivity contribution in [3.63, 3.8) is 0 Å². The minimum Gasteiger partial charge on any atom is -0.399 e. The fourth-order valence-electron chi connectivity index (χ4n) is 3.49. The monoisotopic (exact) mass is 280 g/mol. The molecule has 1 aromatic rings. The van der Waals surface area contributed by atoms with Gasteiger partial charge in [0.05, 0.1) is 4.90 Å². The Labute approximate surface area is 114 Å². The molecule has 0 spiro atoms. The number of hydrogen-bond acceptors (Lipinski definition) is 3. The molecule has 19 heavy (non-hydrogen) atoms. The lowest BCUT2D eigenvalue weighted by atomic mass is 10.0. The van der Waals surface area contributed by atoms with Crippen LogP contribution in [0.25, 0.3) is 0 Å². The lowest BCUT2D eigenvalue weighted by molar-refractivity contribution is 0.445. The fraction of sp³-hybridized carbons (Fsp3) is 0.571. The standard InChI is InChI=1S/C14H20N2O2S/c1-10-7-13(15)5-6-14(10)19(17,18)16-8-11-3-2-4-12(11)9-16/h5-7,11-12H,2-4,8-9,15H2,1H3. The van der Waals surface area contributed by atoms with E-state index < -0.39 is 10.0 Å². The Bertz CT molecular complexity index is 585. The van der Waals surface area contributed by atoms with E-state index in [4.69, 9.17) is 5.73 Å². The molecule has 5 heteroatoms. The zero-order valence-corrected chi connectivity index (χ0v) is 12.0. The Morgan fingerprint density at radius 1 is 1.21 bits per heavy atom. The van der Waals surface area contributed by atoms with Crippen molar-refractivity contribution in [2.45, 2.75) is 31.1 Å². The average Bonchev–Trinajstić information content (AvgIpc) is 2.87. The predicted octanol–water partition coefficient (Wildman–Crippen LogP) is 2.00. The van der Waals surface area contributed by atoms with Gasteiger partial charge in [-0.3, -0.25) is 0 Å². The Hall–Kier alpha value is -1.07. The van der Waals surface area contributed by atoms with Crippen LogP contribution in [0.3, 0.4) is 0 Å². The van der Waals surface area contributed by atoms with Gasteiger partial charge in [-0.05, 0) is 55.4 Å². The van der Waals surface area contributed by atoms with Crippen molar-refractivity contribution in [1.29, 1.82) is 0 Å². The first kappa shape index (κ1) is 12.9. The summed E-state index contributed by atoms with van der Waals surface area (Å²) in [5, 5.41) is 0. The lowest BCUT2D eigenvalue weighted by Crippen LogP contribution is -2.30. The molecular formula is C14H20N2O2S.